The average molecular weight is 334 g/mol. The second kappa shape index (κ2) is 4.60. The Hall–Kier alpha value is -1.33. The SMILES string of the molecule is Fc1cc(Br)cc(-c2nc3c(c(C4CC4)n2)CNC3)c1. The fraction of sp³-hybridized carbons (Fsp3) is 0.333. The fourth-order valence-electron chi connectivity index (χ4n) is 2.70. The van der Waals surface area contributed by atoms with Crippen molar-refractivity contribution in [2.45, 2.75) is 31.8 Å². The molecule has 0 spiro atoms. The van der Waals surface area contributed by atoms with Crippen LogP contribution in [0.2, 0.25) is 0 Å². The van der Waals surface area contributed by atoms with E-state index in [1.54, 1.807) is 0 Å². The Kier molecular flexibility index (Phi) is 2.86. The van der Waals surface area contributed by atoms with E-state index in [9.17, 15) is 4.39 Å². The number of halogens is 2. The zero-order chi connectivity index (χ0) is 13.7. The highest BCUT2D eigenvalue weighted by atomic mass is 79.9. The molecule has 3 nitrogen and oxygen atoms in total. The molecule has 1 fully saturated rings. The first-order chi connectivity index (χ1) is 9.70. The summed E-state index contributed by atoms with van der Waals surface area (Å²) in [5, 5.41) is 3.33. The van der Waals surface area contributed by atoms with Gasteiger partial charge in [0.1, 0.15) is 5.82 Å². The first-order valence-electron chi connectivity index (χ1n) is 6.77. The average Bonchev–Trinajstić information content (AvgIpc) is 3.14. The van der Waals surface area contributed by atoms with Gasteiger partial charge in [-0.05, 0) is 31.0 Å². The Bertz CT molecular complexity index is 678. The Balaban J connectivity index is 1.87. The van der Waals surface area contributed by atoms with Crippen LogP contribution < -0.4 is 5.32 Å². The minimum Gasteiger partial charge on any atom is -0.307 e. The second-order valence-electron chi connectivity index (χ2n) is 5.39. The molecule has 1 N–H and O–H groups in total. The third-order valence-corrected chi connectivity index (χ3v) is 4.26. The van der Waals surface area contributed by atoms with Crippen LogP contribution in [0, 0.1) is 5.82 Å². The summed E-state index contributed by atoms with van der Waals surface area (Å²) in [4.78, 5) is 9.34. The molecule has 1 aromatic carbocycles. The summed E-state index contributed by atoms with van der Waals surface area (Å²) in [6, 6.07) is 4.80. The van der Waals surface area contributed by atoms with Gasteiger partial charge in [0.15, 0.2) is 5.82 Å². The van der Waals surface area contributed by atoms with Gasteiger partial charge in [-0.15, -0.1) is 0 Å². The molecule has 1 aliphatic heterocycles. The molecule has 2 heterocycles. The third-order valence-electron chi connectivity index (χ3n) is 3.80. The van der Waals surface area contributed by atoms with E-state index in [4.69, 9.17) is 4.98 Å². The van der Waals surface area contributed by atoms with Gasteiger partial charge in [0.2, 0.25) is 0 Å². The van der Waals surface area contributed by atoms with E-state index in [0.717, 1.165) is 30.0 Å². The minimum absolute atomic E-state index is 0.274. The first kappa shape index (κ1) is 12.4. The summed E-state index contributed by atoms with van der Waals surface area (Å²) in [5.74, 6) is 0.932. The molecular weight excluding hydrogens is 321 g/mol. The molecular formula is C15H13BrFN3. The minimum atomic E-state index is -0.274. The van der Waals surface area contributed by atoms with Crippen LogP contribution in [0.3, 0.4) is 0 Å². The molecule has 2 aromatic rings. The predicted molar refractivity (Wildman–Crippen MR) is 77.6 cm³/mol. The van der Waals surface area contributed by atoms with E-state index in [2.05, 4.69) is 26.2 Å². The van der Waals surface area contributed by atoms with E-state index in [1.807, 2.05) is 6.07 Å². The van der Waals surface area contributed by atoms with Crippen LogP contribution >= 0.6 is 15.9 Å². The van der Waals surface area contributed by atoms with Crippen molar-refractivity contribution in [3.05, 3.63) is 45.4 Å². The Labute approximate surface area is 124 Å². The molecule has 0 amide bonds. The Morgan fingerprint density at radius 2 is 2.00 bits per heavy atom. The molecule has 1 aromatic heterocycles. The van der Waals surface area contributed by atoms with Crippen LogP contribution in [-0.2, 0) is 13.1 Å². The molecule has 0 atom stereocenters. The monoisotopic (exact) mass is 333 g/mol. The molecule has 1 saturated carbocycles. The van der Waals surface area contributed by atoms with Gasteiger partial charge in [-0.3, -0.25) is 0 Å². The van der Waals surface area contributed by atoms with E-state index < -0.39 is 0 Å². The Morgan fingerprint density at radius 1 is 1.15 bits per heavy atom. The predicted octanol–water partition coefficient (Wildman–Crippen LogP) is 3.53. The van der Waals surface area contributed by atoms with Crippen molar-refractivity contribution in [2.24, 2.45) is 0 Å². The van der Waals surface area contributed by atoms with Crippen molar-refractivity contribution in [3.63, 3.8) is 0 Å². The van der Waals surface area contributed by atoms with Crippen molar-refractivity contribution in [2.75, 3.05) is 0 Å². The van der Waals surface area contributed by atoms with Crippen LogP contribution in [0.4, 0.5) is 4.39 Å². The highest BCUT2D eigenvalue weighted by molar-refractivity contribution is 9.10. The molecule has 20 heavy (non-hydrogen) atoms. The van der Waals surface area contributed by atoms with Gasteiger partial charge in [0.05, 0.1) is 11.4 Å². The Morgan fingerprint density at radius 3 is 2.75 bits per heavy atom. The zero-order valence-electron chi connectivity index (χ0n) is 10.8. The lowest BCUT2D eigenvalue weighted by molar-refractivity contribution is 0.627. The number of hydrogen-bond acceptors (Lipinski definition) is 3. The molecule has 1 aliphatic carbocycles. The number of aromatic nitrogens is 2. The molecule has 0 bridgehead atoms. The lowest BCUT2D eigenvalue weighted by Gasteiger charge is -2.09. The maximum Gasteiger partial charge on any atom is 0.159 e. The van der Waals surface area contributed by atoms with Crippen molar-refractivity contribution in [3.8, 4) is 11.4 Å². The summed E-state index contributed by atoms with van der Waals surface area (Å²) in [6.07, 6.45) is 2.41. The van der Waals surface area contributed by atoms with Gasteiger partial charge in [-0.1, -0.05) is 15.9 Å². The molecule has 0 radical (unpaired) electrons. The molecule has 2 aliphatic rings. The molecule has 4 rings (SSSR count). The van der Waals surface area contributed by atoms with Crippen LogP contribution in [0.25, 0.3) is 11.4 Å². The topological polar surface area (TPSA) is 37.8 Å². The van der Waals surface area contributed by atoms with Gasteiger partial charge in [0, 0.05) is 34.6 Å². The van der Waals surface area contributed by atoms with Crippen LogP contribution in [0.5, 0.6) is 0 Å². The van der Waals surface area contributed by atoms with E-state index >= 15 is 0 Å². The van der Waals surface area contributed by atoms with Crippen molar-refractivity contribution in [1.82, 2.24) is 15.3 Å². The maximum atomic E-state index is 13.6. The highest BCUT2D eigenvalue weighted by Crippen LogP contribution is 2.42. The molecule has 5 heteroatoms. The lowest BCUT2D eigenvalue weighted by Crippen LogP contribution is -2.03. The number of hydrogen-bond donors (Lipinski definition) is 1. The van der Waals surface area contributed by atoms with E-state index in [0.29, 0.717) is 16.2 Å². The van der Waals surface area contributed by atoms with Crippen molar-refractivity contribution < 1.29 is 4.39 Å². The summed E-state index contributed by atoms with van der Waals surface area (Å²) in [6.45, 7) is 1.63. The number of nitrogens with zero attached hydrogens (tertiary/aromatic N) is 2. The number of benzene rings is 1. The number of fused-ring (bicyclic) bond motifs is 1. The van der Waals surface area contributed by atoms with Crippen molar-refractivity contribution >= 4 is 15.9 Å². The largest absolute Gasteiger partial charge is 0.307 e. The molecule has 102 valence electrons. The van der Waals surface area contributed by atoms with Gasteiger partial charge in [-0.25, -0.2) is 14.4 Å². The smallest absolute Gasteiger partial charge is 0.159 e. The first-order valence-corrected chi connectivity index (χ1v) is 7.57. The van der Waals surface area contributed by atoms with Gasteiger partial charge >= 0.3 is 0 Å². The lowest BCUT2D eigenvalue weighted by atomic mass is 10.1. The van der Waals surface area contributed by atoms with Gasteiger partial charge in [0.25, 0.3) is 0 Å². The highest BCUT2D eigenvalue weighted by Gasteiger charge is 2.31. The normalized spacial score (nSPS) is 17.3. The molecule has 0 unspecified atom stereocenters. The standard InChI is InChI=1S/C15H13BrFN3/c16-10-3-9(4-11(17)5-10)15-19-13-7-18-6-12(13)14(20-15)8-1-2-8/h3-5,8,18H,1-2,6-7H2. The van der Waals surface area contributed by atoms with E-state index in [1.165, 1.54) is 30.5 Å². The fourth-order valence-corrected chi connectivity index (χ4v) is 3.17. The summed E-state index contributed by atoms with van der Waals surface area (Å²) in [5.41, 5.74) is 4.22. The van der Waals surface area contributed by atoms with E-state index in [-0.39, 0.29) is 5.82 Å². The quantitative estimate of drug-likeness (QED) is 0.913. The summed E-state index contributed by atoms with van der Waals surface area (Å²) >= 11 is 3.32. The van der Waals surface area contributed by atoms with Crippen LogP contribution in [0.1, 0.15) is 35.7 Å². The second-order valence-corrected chi connectivity index (χ2v) is 6.31. The molecule has 0 saturated heterocycles. The maximum absolute atomic E-state index is 13.6. The van der Waals surface area contributed by atoms with Crippen molar-refractivity contribution in [1.29, 1.82) is 0 Å². The third kappa shape index (κ3) is 2.15. The number of rotatable bonds is 2. The van der Waals surface area contributed by atoms with Crippen LogP contribution in [-0.4, -0.2) is 9.97 Å². The number of nitrogens with one attached hydrogen (secondary N) is 1. The van der Waals surface area contributed by atoms with Gasteiger partial charge < -0.3 is 5.32 Å². The summed E-state index contributed by atoms with van der Waals surface area (Å²) in [7, 11) is 0. The van der Waals surface area contributed by atoms with Gasteiger partial charge in [-0.2, -0.15) is 0 Å². The zero-order valence-corrected chi connectivity index (χ0v) is 12.4. The van der Waals surface area contributed by atoms with Crippen LogP contribution in [0.15, 0.2) is 22.7 Å². The summed E-state index contributed by atoms with van der Waals surface area (Å²) < 4.78 is 14.3.